The largest absolute Gasteiger partial charge is 0.353 e. The van der Waals surface area contributed by atoms with Crippen LogP contribution >= 0.6 is 0 Å². The van der Waals surface area contributed by atoms with Crippen LogP contribution in [0.3, 0.4) is 0 Å². The maximum atomic E-state index is 12.7. The summed E-state index contributed by atoms with van der Waals surface area (Å²) >= 11 is 0. The van der Waals surface area contributed by atoms with E-state index in [4.69, 9.17) is 4.98 Å². The molecule has 2 amide bonds. The maximum Gasteiger partial charge on any atom is 0.321 e. The number of urea groups is 1. The van der Waals surface area contributed by atoms with E-state index < -0.39 is 0 Å². The molecular formula is C25H29N5O. The number of amides is 2. The molecular weight excluding hydrogens is 386 g/mol. The third-order valence-electron chi connectivity index (χ3n) is 5.66. The van der Waals surface area contributed by atoms with Gasteiger partial charge >= 0.3 is 6.03 Å². The molecule has 1 N–H and O–H groups in total. The molecule has 1 aliphatic heterocycles. The van der Waals surface area contributed by atoms with E-state index in [0.29, 0.717) is 13.1 Å². The number of nitrogens with zero attached hydrogens (tertiary/aromatic N) is 4. The second kappa shape index (κ2) is 9.16. The summed E-state index contributed by atoms with van der Waals surface area (Å²) in [5.74, 6) is 1.77. The van der Waals surface area contributed by atoms with Crippen LogP contribution < -0.4 is 10.2 Å². The number of hydrogen-bond donors (Lipinski definition) is 1. The highest BCUT2D eigenvalue weighted by molar-refractivity contribution is 5.89. The van der Waals surface area contributed by atoms with Crippen LogP contribution in [-0.4, -0.2) is 47.1 Å². The van der Waals surface area contributed by atoms with Gasteiger partial charge in [0.2, 0.25) is 0 Å². The first-order valence-corrected chi connectivity index (χ1v) is 10.7. The van der Waals surface area contributed by atoms with Gasteiger partial charge in [0.1, 0.15) is 11.6 Å². The van der Waals surface area contributed by atoms with Crippen molar-refractivity contribution in [1.82, 2.24) is 14.9 Å². The van der Waals surface area contributed by atoms with Crippen molar-refractivity contribution in [3.8, 4) is 0 Å². The fraction of sp³-hybridized carbons (Fsp3) is 0.320. The number of anilines is 2. The number of aromatic nitrogens is 2. The molecule has 0 unspecified atom stereocenters. The molecule has 3 aromatic rings. The van der Waals surface area contributed by atoms with Crippen LogP contribution in [0.4, 0.5) is 16.3 Å². The number of piperazine rings is 1. The van der Waals surface area contributed by atoms with Crippen LogP contribution in [0.25, 0.3) is 0 Å². The van der Waals surface area contributed by atoms with Gasteiger partial charge in [-0.15, -0.1) is 0 Å². The zero-order valence-corrected chi connectivity index (χ0v) is 18.4. The molecule has 6 heteroatoms. The predicted octanol–water partition coefficient (Wildman–Crippen LogP) is 4.35. The zero-order chi connectivity index (χ0) is 21.8. The van der Waals surface area contributed by atoms with Gasteiger partial charge < -0.3 is 15.1 Å². The van der Waals surface area contributed by atoms with E-state index >= 15 is 0 Å². The van der Waals surface area contributed by atoms with Crippen molar-refractivity contribution < 1.29 is 4.79 Å². The number of carbonyl (C=O) groups is 1. The van der Waals surface area contributed by atoms with Gasteiger partial charge in [-0.3, -0.25) is 0 Å². The molecule has 1 saturated heterocycles. The minimum Gasteiger partial charge on any atom is -0.353 e. The fourth-order valence-corrected chi connectivity index (χ4v) is 4.03. The highest BCUT2D eigenvalue weighted by Gasteiger charge is 2.25. The lowest BCUT2D eigenvalue weighted by molar-refractivity contribution is 0.208. The summed E-state index contributed by atoms with van der Waals surface area (Å²) in [6.45, 7) is 8.83. The Morgan fingerprint density at radius 2 is 1.68 bits per heavy atom. The Hall–Kier alpha value is -3.41. The van der Waals surface area contributed by atoms with Crippen LogP contribution in [-0.2, 0) is 6.42 Å². The Morgan fingerprint density at radius 1 is 0.935 bits per heavy atom. The van der Waals surface area contributed by atoms with E-state index in [0.717, 1.165) is 53.7 Å². The van der Waals surface area contributed by atoms with Gasteiger partial charge in [-0.05, 0) is 44.0 Å². The molecule has 2 heterocycles. The SMILES string of the molecule is Cc1cccc(NC(=O)N2CCN(c3nc(C)nc(C)c3Cc3ccccc3)CC2)c1. The topological polar surface area (TPSA) is 61.4 Å². The van der Waals surface area contributed by atoms with Crippen LogP contribution in [0, 0.1) is 20.8 Å². The summed E-state index contributed by atoms with van der Waals surface area (Å²) in [5.41, 5.74) is 5.39. The Morgan fingerprint density at radius 3 is 2.39 bits per heavy atom. The van der Waals surface area contributed by atoms with E-state index in [-0.39, 0.29) is 6.03 Å². The molecule has 0 saturated carbocycles. The van der Waals surface area contributed by atoms with Gasteiger partial charge in [0, 0.05) is 49.5 Å². The Kier molecular flexibility index (Phi) is 6.16. The lowest BCUT2D eigenvalue weighted by Crippen LogP contribution is -2.50. The van der Waals surface area contributed by atoms with Crippen molar-refractivity contribution >= 4 is 17.5 Å². The monoisotopic (exact) mass is 415 g/mol. The van der Waals surface area contributed by atoms with Crippen molar-refractivity contribution in [3.05, 3.63) is 82.8 Å². The molecule has 0 atom stereocenters. The lowest BCUT2D eigenvalue weighted by Gasteiger charge is -2.36. The van der Waals surface area contributed by atoms with Crippen LogP contribution in [0.15, 0.2) is 54.6 Å². The second-order valence-electron chi connectivity index (χ2n) is 8.09. The Bertz CT molecular complexity index is 1060. The number of rotatable bonds is 4. The van der Waals surface area contributed by atoms with E-state index in [1.165, 1.54) is 5.56 Å². The van der Waals surface area contributed by atoms with E-state index in [1.54, 1.807) is 0 Å². The van der Waals surface area contributed by atoms with Gasteiger partial charge in [0.05, 0.1) is 0 Å². The summed E-state index contributed by atoms with van der Waals surface area (Å²) in [4.78, 5) is 26.3. The number of nitrogens with one attached hydrogen (secondary N) is 1. The minimum atomic E-state index is -0.0511. The van der Waals surface area contributed by atoms with Crippen molar-refractivity contribution in [2.45, 2.75) is 27.2 Å². The van der Waals surface area contributed by atoms with E-state index in [1.807, 2.05) is 49.1 Å². The highest BCUT2D eigenvalue weighted by atomic mass is 16.2. The quantitative estimate of drug-likeness (QED) is 0.688. The fourth-order valence-electron chi connectivity index (χ4n) is 4.03. The summed E-state index contributed by atoms with van der Waals surface area (Å²) in [6.07, 6.45) is 0.802. The zero-order valence-electron chi connectivity index (χ0n) is 18.4. The first kappa shape index (κ1) is 20.8. The third kappa shape index (κ3) is 5.02. The molecule has 4 rings (SSSR count). The minimum absolute atomic E-state index is 0.0511. The van der Waals surface area contributed by atoms with Gasteiger partial charge in [0.15, 0.2) is 0 Å². The molecule has 0 aliphatic carbocycles. The molecule has 1 aromatic heterocycles. The first-order valence-electron chi connectivity index (χ1n) is 10.7. The van der Waals surface area contributed by atoms with Gasteiger partial charge in [-0.1, -0.05) is 42.5 Å². The molecule has 2 aromatic carbocycles. The number of carbonyl (C=O) groups excluding carboxylic acids is 1. The average molecular weight is 416 g/mol. The predicted molar refractivity (Wildman–Crippen MR) is 125 cm³/mol. The highest BCUT2D eigenvalue weighted by Crippen LogP contribution is 2.25. The molecule has 1 fully saturated rings. The van der Waals surface area contributed by atoms with E-state index in [9.17, 15) is 4.79 Å². The lowest BCUT2D eigenvalue weighted by atomic mass is 10.0. The molecule has 0 spiro atoms. The van der Waals surface area contributed by atoms with Crippen molar-refractivity contribution in [3.63, 3.8) is 0 Å². The molecule has 1 aliphatic rings. The van der Waals surface area contributed by atoms with Crippen molar-refractivity contribution in [1.29, 1.82) is 0 Å². The molecule has 31 heavy (non-hydrogen) atoms. The molecule has 6 nitrogen and oxygen atoms in total. The molecule has 0 bridgehead atoms. The summed E-state index contributed by atoms with van der Waals surface area (Å²) < 4.78 is 0. The first-order chi connectivity index (χ1) is 15.0. The standard InChI is InChI=1S/C25H29N5O/c1-18-8-7-11-22(16-18)28-25(31)30-14-12-29(13-15-30)24-23(19(2)26-20(3)27-24)17-21-9-5-4-6-10-21/h4-11,16H,12-15,17H2,1-3H3,(H,28,31). The number of benzene rings is 2. The van der Waals surface area contributed by atoms with Gasteiger partial charge in [0.25, 0.3) is 0 Å². The summed E-state index contributed by atoms with van der Waals surface area (Å²) in [5, 5.41) is 3.01. The Balaban J connectivity index is 1.46. The van der Waals surface area contributed by atoms with Crippen LogP contribution in [0.1, 0.15) is 28.2 Å². The van der Waals surface area contributed by atoms with E-state index in [2.05, 4.69) is 46.4 Å². The number of aryl methyl sites for hydroxylation is 3. The third-order valence-corrected chi connectivity index (χ3v) is 5.66. The van der Waals surface area contributed by atoms with Crippen LogP contribution in [0.2, 0.25) is 0 Å². The molecule has 0 radical (unpaired) electrons. The smallest absolute Gasteiger partial charge is 0.321 e. The Labute approximate surface area is 183 Å². The summed E-state index contributed by atoms with van der Waals surface area (Å²) in [6, 6.07) is 18.3. The normalized spacial score (nSPS) is 13.9. The molecule has 160 valence electrons. The van der Waals surface area contributed by atoms with Gasteiger partial charge in [-0.2, -0.15) is 0 Å². The van der Waals surface area contributed by atoms with Crippen LogP contribution in [0.5, 0.6) is 0 Å². The average Bonchev–Trinajstić information content (AvgIpc) is 2.76. The summed E-state index contributed by atoms with van der Waals surface area (Å²) in [7, 11) is 0. The number of hydrogen-bond acceptors (Lipinski definition) is 4. The second-order valence-corrected chi connectivity index (χ2v) is 8.09. The van der Waals surface area contributed by atoms with Crippen molar-refractivity contribution in [2.75, 3.05) is 36.4 Å². The van der Waals surface area contributed by atoms with Gasteiger partial charge in [-0.25, -0.2) is 14.8 Å². The van der Waals surface area contributed by atoms with Crippen molar-refractivity contribution in [2.24, 2.45) is 0 Å². The maximum absolute atomic E-state index is 12.7.